The molecule has 0 heterocycles. The Bertz CT molecular complexity index is 554. The summed E-state index contributed by atoms with van der Waals surface area (Å²) in [6.45, 7) is 0. The van der Waals surface area contributed by atoms with Crippen LogP contribution >= 0.6 is 23.2 Å². The van der Waals surface area contributed by atoms with Gasteiger partial charge < -0.3 is 10.4 Å². The lowest BCUT2D eigenvalue weighted by atomic mass is 9.79. The third-order valence-electron chi connectivity index (χ3n) is 3.88. The minimum absolute atomic E-state index is 0.0725. The van der Waals surface area contributed by atoms with Gasteiger partial charge in [-0.2, -0.15) is 0 Å². The fourth-order valence-electron chi connectivity index (χ4n) is 2.85. The molecule has 21 heavy (non-hydrogen) atoms. The van der Waals surface area contributed by atoms with Crippen molar-refractivity contribution in [1.82, 2.24) is 5.32 Å². The van der Waals surface area contributed by atoms with Crippen molar-refractivity contribution in [3.63, 3.8) is 0 Å². The lowest BCUT2D eigenvalue weighted by Crippen LogP contribution is -2.51. The number of carbonyl (C=O) groups is 2. The molecule has 0 unspecified atom stereocenters. The van der Waals surface area contributed by atoms with Gasteiger partial charge in [0.2, 0.25) is 0 Å². The van der Waals surface area contributed by atoms with Gasteiger partial charge in [0, 0.05) is 0 Å². The molecule has 2 rings (SSSR count). The maximum atomic E-state index is 12.4. The third kappa shape index (κ3) is 3.89. The standard InChI is InChI=1S/C15H17Cl2NO3/c16-11-6-4-5-10(13(11)17)14(21)18-15(9-12(19)20)7-2-1-3-8-15/h4-6H,1-3,7-9H2,(H,18,21)(H,19,20). The molecule has 1 amide bonds. The Morgan fingerprint density at radius 1 is 1.19 bits per heavy atom. The van der Waals surface area contributed by atoms with E-state index in [9.17, 15) is 9.59 Å². The first-order valence-electron chi connectivity index (χ1n) is 6.92. The molecule has 1 aromatic rings. The van der Waals surface area contributed by atoms with E-state index in [0.29, 0.717) is 17.9 Å². The zero-order chi connectivity index (χ0) is 15.5. The third-order valence-corrected chi connectivity index (χ3v) is 4.69. The summed E-state index contributed by atoms with van der Waals surface area (Å²) in [5.41, 5.74) is -0.410. The fourth-order valence-corrected chi connectivity index (χ4v) is 3.24. The second-order valence-corrected chi connectivity index (χ2v) is 6.25. The first kappa shape index (κ1) is 16.1. The van der Waals surface area contributed by atoms with Crippen LogP contribution in [0.4, 0.5) is 0 Å². The molecule has 4 nitrogen and oxygen atoms in total. The van der Waals surface area contributed by atoms with Gasteiger partial charge in [0.15, 0.2) is 0 Å². The molecular formula is C15H17Cl2NO3. The number of amides is 1. The van der Waals surface area contributed by atoms with Gasteiger partial charge >= 0.3 is 5.97 Å². The summed E-state index contributed by atoms with van der Waals surface area (Å²) in [4.78, 5) is 23.5. The van der Waals surface area contributed by atoms with E-state index in [1.807, 2.05) is 0 Å². The normalized spacial score (nSPS) is 17.2. The van der Waals surface area contributed by atoms with E-state index in [1.165, 1.54) is 0 Å². The molecule has 0 radical (unpaired) electrons. The van der Waals surface area contributed by atoms with Crippen LogP contribution in [0.5, 0.6) is 0 Å². The lowest BCUT2D eigenvalue weighted by Gasteiger charge is -2.37. The molecule has 0 bridgehead atoms. The van der Waals surface area contributed by atoms with E-state index in [0.717, 1.165) is 19.3 Å². The van der Waals surface area contributed by atoms with Crippen LogP contribution in [0.15, 0.2) is 18.2 Å². The number of aliphatic carboxylic acids is 1. The van der Waals surface area contributed by atoms with Crippen LogP contribution in [0.25, 0.3) is 0 Å². The topological polar surface area (TPSA) is 66.4 Å². The Balaban J connectivity index is 2.21. The zero-order valence-electron chi connectivity index (χ0n) is 11.5. The second-order valence-electron chi connectivity index (χ2n) is 5.47. The zero-order valence-corrected chi connectivity index (χ0v) is 13.0. The van der Waals surface area contributed by atoms with Crippen LogP contribution in [0.2, 0.25) is 10.0 Å². The van der Waals surface area contributed by atoms with E-state index < -0.39 is 11.5 Å². The van der Waals surface area contributed by atoms with Crippen molar-refractivity contribution in [3.05, 3.63) is 33.8 Å². The molecule has 0 spiro atoms. The summed E-state index contributed by atoms with van der Waals surface area (Å²) >= 11 is 12.0. The summed E-state index contributed by atoms with van der Waals surface area (Å²) in [7, 11) is 0. The van der Waals surface area contributed by atoms with Crippen molar-refractivity contribution in [1.29, 1.82) is 0 Å². The first-order valence-corrected chi connectivity index (χ1v) is 7.67. The van der Waals surface area contributed by atoms with Crippen molar-refractivity contribution < 1.29 is 14.7 Å². The van der Waals surface area contributed by atoms with Gasteiger partial charge in [0.1, 0.15) is 0 Å². The molecule has 1 aromatic carbocycles. The van der Waals surface area contributed by atoms with Crippen molar-refractivity contribution >= 4 is 35.1 Å². The number of carboxylic acid groups (broad SMARTS) is 1. The summed E-state index contributed by atoms with van der Waals surface area (Å²) in [6, 6.07) is 4.84. The van der Waals surface area contributed by atoms with Crippen LogP contribution < -0.4 is 5.32 Å². The lowest BCUT2D eigenvalue weighted by molar-refractivity contribution is -0.139. The Morgan fingerprint density at radius 2 is 1.86 bits per heavy atom. The summed E-state index contributed by atoms with van der Waals surface area (Å²) in [5, 5.41) is 12.5. The smallest absolute Gasteiger partial charge is 0.305 e. The van der Waals surface area contributed by atoms with Crippen LogP contribution in [0.1, 0.15) is 48.9 Å². The maximum Gasteiger partial charge on any atom is 0.305 e. The molecule has 2 N–H and O–H groups in total. The Morgan fingerprint density at radius 3 is 2.48 bits per heavy atom. The highest BCUT2D eigenvalue weighted by molar-refractivity contribution is 6.43. The molecule has 1 aliphatic carbocycles. The highest BCUT2D eigenvalue weighted by Crippen LogP contribution is 2.32. The first-order chi connectivity index (χ1) is 9.93. The number of carboxylic acids is 1. The van der Waals surface area contributed by atoms with E-state index in [4.69, 9.17) is 28.3 Å². The van der Waals surface area contributed by atoms with Crippen LogP contribution in [-0.4, -0.2) is 22.5 Å². The van der Waals surface area contributed by atoms with Gasteiger partial charge in [-0.1, -0.05) is 48.5 Å². The predicted molar refractivity (Wildman–Crippen MR) is 82.0 cm³/mol. The quantitative estimate of drug-likeness (QED) is 0.880. The number of halogens is 2. The SMILES string of the molecule is O=C(O)CC1(NC(=O)c2cccc(Cl)c2Cl)CCCCC1. The van der Waals surface area contributed by atoms with E-state index in [-0.39, 0.29) is 22.9 Å². The van der Waals surface area contributed by atoms with Gasteiger partial charge in [-0.3, -0.25) is 9.59 Å². The Labute approximate surface area is 133 Å². The van der Waals surface area contributed by atoms with E-state index >= 15 is 0 Å². The summed E-state index contributed by atoms with van der Waals surface area (Å²) < 4.78 is 0. The van der Waals surface area contributed by atoms with Crippen molar-refractivity contribution in [2.45, 2.75) is 44.1 Å². The average molecular weight is 330 g/mol. The van der Waals surface area contributed by atoms with Gasteiger partial charge in [-0.15, -0.1) is 0 Å². The molecule has 114 valence electrons. The maximum absolute atomic E-state index is 12.4. The van der Waals surface area contributed by atoms with Crippen LogP contribution in [0.3, 0.4) is 0 Å². The average Bonchev–Trinajstić information content (AvgIpc) is 2.41. The molecule has 0 aliphatic heterocycles. The van der Waals surface area contributed by atoms with Crippen molar-refractivity contribution in [2.24, 2.45) is 0 Å². The number of hydrogen-bond acceptors (Lipinski definition) is 2. The minimum atomic E-state index is -0.908. The molecular weight excluding hydrogens is 313 g/mol. The van der Waals surface area contributed by atoms with E-state index in [2.05, 4.69) is 5.32 Å². The number of nitrogens with one attached hydrogen (secondary N) is 1. The van der Waals surface area contributed by atoms with Crippen LogP contribution in [0, 0.1) is 0 Å². The molecule has 1 saturated carbocycles. The van der Waals surface area contributed by atoms with Gasteiger partial charge in [0.25, 0.3) is 5.91 Å². The number of carbonyl (C=O) groups excluding carboxylic acids is 1. The number of hydrogen-bond donors (Lipinski definition) is 2. The summed E-state index contributed by atoms with van der Waals surface area (Å²) in [5.74, 6) is -1.28. The Hall–Kier alpha value is -1.26. The largest absolute Gasteiger partial charge is 0.481 e. The van der Waals surface area contributed by atoms with Crippen molar-refractivity contribution in [3.8, 4) is 0 Å². The van der Waals surface area contributed by atoms with Gasteiger partial charge in [0.05, 0.1) is 27.6 Å². The highest BCUT2D eigenvalue weighted by Gasteiger charge is 2.36. The van der Waals surface area contributed by atoms with Gasteiger partial charge in [-0.05, 0) is 25.0 Å². The van der Waals surface area contributed by atoms with Gasteiger partial charge in [-0.25, -0.2) is 0 Å². The minimum Gasteiger partial charge on any atom is -0.481 e. The van der Waals surface area contributed by atoms with Crippen LogP contribution in [-0.2, 0) is 4.79 Å². The molecule has 0 saturated heterocycles. The molecule has 1 fully saturated rings. The number of benzene rings is 1. The molecule has 1 aliphatic rings. The highest BCUT2D eigenvalue weighted by atomic mass is 35.5. The molecule has 0 atom stereocenters. The second kappa shape index (κ2) is 6.67. The fraction of sp³-hybridized carbons (Fsp3) is 0.467. The monoisotopic (exact) mass is 329 g/mol. The Kier molecular flexibility index (Phi) is 5.12. The molecule has 0 aromatic heterocycles. The molecule has 6 heteroatoms. The summed E-state index contributed by atoms with van der Waals surface area (Å²) in [6.07, 6.45) is 4.16. The van der Waals surface area contributed by atoms with E-state index in [1.54, 1.807) is 18.2 Å². The predicted octanol–water partition coefficient (Wildman–Crippen LogP) is 3.90. The van der Waals surface area contributed by atoms with Crippen molar-refractivity contribution in [2.75, 3.05) is 0 Å². The number of rotatable bonds is 4.